The van der Waals surface area contributed by atoms with Gasteiger partial charge in [0.25, 0.3) is 0 Å². The summed E-state index contributed by atoms with van der Waals surface area (Å²) in [6.45, 7) is 4.39. The summed E-state index contributed by atoms with van der Waals surface area (Å²) in [6, 6.07) is 14.3. The molecule has 0 aromatic heterocycles. The lowest BCUT2D eigenvalue weighted by molar-refractivity contribution is -0.141. The standard InChI is InChI=1S/C30H43N3O5S/c1-5-28(30(35)31-25-15-7-6-8-16-25)32(22-24-14-10-9-13-23(24)2)29(34)19-12-20-33(39(4,36)37)26-17-11-18-27(21-26)38-3/h9-11,13-14,17-18,21,25,28H,5-8,12,15-16,19-20,22H2,1-4H3,(H,31,35). The van der Waals surface area contributed by atoms with Crippen molar-refractivity contribution in [2.24, 2.45) is 0 Å². The number of nitrogens with one attached hydrogen (secondary N) is 1. The molecule has 0 spiro atoms. The molecule has 39 heavy (non-hydrogen) atoms. The zero-order valence-corrected chi connectivity index (χ0v) is 24.5. The molecule has 1 N–H and O–H groups in total. The first-order valence-corrected chi connectivity index (χ1v) is 15.7. The molecule has 9 heteroatoms. The van der Waals surface area contributed by atoms with E-state index in [0.29, 0.717) is 30.8 Å². The molecule has 2 aromatic rings. The van der Waals surface area contributed by atoms with Gasteiger partial charge in [0.05, 0.1) is 19.1 Å². The van der Waals surface area contributed by atoms with E-state index in [9.17, 15) is 18.0 Å². The van der Waals surface area contributed by atoms with Crippen LogP contribution in [-0.2, 0) is 26.2 Å². The van der Waals surface area contributed by atoms with Crippen molar-refractivity contribution in [3.63, 3.8) is 0 Å². The summed E-state index contributed by atoms with van der Waals surface area (Å²) in [4.78, 5) is 28.8. The van der Waals surface area contributed by atoms with Gasteiger partial charge in [-0.05, 0) is 55.9 Å². The molecule has 3 rings (SSSR count). The van der Waals surface area contributed by atoms with Crippen molar-refractivity contribution >= 4 is 27.5 Å². The van der Waals surface area contributed by atoms with E-state index in [4.69, 9.17) is 4.74 Å². The van der Waals surface area contributed by atoms with Gasteiger partial charge in [-0.2, -0.15) is 0 Å². The average Bonchev–Trinajstić information content (AvgIpc) is 2.91. The molecular weight excluding hydrogens is 514 g/mol. The number of benzene rings is 2. The van der Waals surface area contributed by atoms with E-state index in [1.165, 1.54) is 17.8 Å². The SMILES string of the molecule is CCC(C(=O)NC1CCCCC1)N(Cc1ccccc1C)C(=O)CCCN(c1cccc(OC)c1)S(C)(=O)=O. The van der Waals surface area contributed by atoms with Gasteiger partial charge in [-0.3, -0.25) is 13.9 Å². The molecular formula is C30H43N3O5S. The molecule has 1 atom stereocenters. The predicted octanol–water partition coefficient (Wildman–Crippen LogP) is 4.81. The number of amides is 2. The second-order valence-electron chi connectivity index (χ2n) is 10.4. The Kier molecular flexibility index (Phi) is 11.2. The van der Waals surface area contributed by atoms with Crippen LogP contribution in [0.15, 0.2) is 48.5 Å². The van der Waals surface area contributed by atoms with Crippen LogP contribution < -0.4 is 14.4 Å². The Hall–Kier alpha value is -3.07. The molecule has 1 aliphatic rings. The van der Waals surface area contributed by atoms with E-state index in [-0.39, 0.29) is 30.8 Å². The van der Waals surface area contributed by atoms with Gasteiger partial charge < -0.3 is 15.0 Å². The largest absolute Gasteiger partial charge is 0.497 e. The molecule has 1 fully saturated rings. The molecule has 2 aromatic carbocycles. The minimum Gasteiger partial charge on any atom is -0.497 e. The van der Waals surface area contributed by atoms with Gasteiger partial charge in [-0.25, -0.2) is 8.42 Å². The van der Waals surface area contributed by atoms with E-state index in [1.54, 1.807) is 29.2 Å². The average molecular weight is 558 g/mol. The Bertz CT molecular complexity index is 1210. The van der Waals surface area contributed by atoms with Crippen LogP contribution in [-0.4, -0.2) is 57.1 Å². The van der Waals surface area contributed by atoms with E-state index in [0.717, 1.165) is 43.1 Å². The van der Waals surface area contributed by atoms with Crippen molar-refractivity contribution in [2.75, 3.05) is 24.2 Å². The summed E-state index contributed by atoms with van der Waals surface area (Å²) in [5, 5.41) is 3.20. The van der Waals surface area contributed by atoms with E-state index < -0.39 is 16.1 Å². The van der Waals surface area contributed by atoms with Crippen molar-refractivity contribution < 1.29 is 22.7 Å². The Balaban J connectivity index is 1.77. The van der Waals surface area contributed by atoms with Gasteiger partial charge in [-0.15, -0.1) is 0 Å². The van der Waals surface area contributed by atoms with Gasteiger partial charge in [0.2, 0.25) is 21.8 Å². The van der Waals surface area contributed by atoms with Crippen LogP contribution in [0.4, 0.5) is 5.69 Å². The lowest BCUT2D eigenvalue weighted by Gasteiger charge is -2.33. The van der Waals surface area contributed by atoms with Crippen LogP contribution in [0.1, 0.15) is 69.4 Å². The molecule has 0 aliphatic heterocycles. The molecule has 2 amide bonds. The van der Waals surface area contributed by atoms with Crippen molar-refractivity contribution in [3.05, 3.63) is 59.7 Å². The third-order valence-corrected chi connectivity index (χ3v) is 8.63. The first kappa shape index (κ1) is 30.5. The number of sulfonamides is 1. The molecule has 8 nitrogen and oxygen atoms in total. The zero-order chi connectivity index (χ0) is 28.4. The third-order valence-electron chi connectivity index (χ3n) is 7.43. The summed E-state index contributed by atoms with van der Waals surface area (Å²) in [6.07, 6.45) is 7.44. The predicted molar refractivity (Wildman–Crippen MR) is 155 cm³/mol. The van der Waals surface area contributed by atoms with Crippen LogP contribution in [0.2, 0.25) is 0 Å². The van der Waals surface area contributed by atoms with Crippen molar-refractivity contribution in [1.82, 2.24) is 10.2 Å². The highest BCUT2D eigenvalue weighted by Gasteiger charge is 2.30. The van der Waals surface area contributed by atoms with Gasteiger partial charge in [-0.1, -0.05) is 56.5 Å². The Morgan fingerprint density at radius 3 is 2.44 bits per heavy atom. The summed E-state index contributed by atoms with van der Waals surface area (Å²) < 4.78 is 31.7. The number of hydrogen-bond donors (Lipinski definition) is 1. The maximum atomic E-state index is 13.7. The monoisotopic (exact) mass is 557 g/mol. The van der Waals surface area contributed by atoms with Gasteiger partial charge in [0.15, 0.2) is 0 Å². The van der Waals surface area contributed by atoms with E-state index in [2.05, 4.69) is 5.32 Å². The molecule has 1 aliphatic carbocycles. The first-order valence-electron chi connectivity index (χ1n) is 13.9. The topological polar surface area (TPSA) is 96.0 Å². The molecule has 0 heterocycles. The van der Waals surface area contributed by atoms with Gasteiger partial charge in [0, 0.05) is 31.6 Å². The maximum absolute atomic E-state index is 13.7. The van der Waals surface area contributed by atoms with Crippen LogP contribution in [0.3, 0.4) is 0 Å². The Morgan fingerprint density at radius 2 is 1.79 bits per heavy atom. The maximum Gasteiger partial charge on any atom is 0.243 e. The summed E-state index contributed by atoms with van der Waals surface area (Å²) in [5.74, 6) is 0.278. The number of carbonyl (C=O) groups excluding carboxylic acids is 2. The first-order chi connectivity index (χ1) is 18.6. The van der Waals surface area contributed by atoms with Crippen LogP contribution in [0.5, 0.6) is 5.75 Å². The van der Waals surface area contributed by atoms with Crippen molar-refractivity contribution in [2.45, 2.75) is 83.8 Å². The highest BCUT2D eigenvalue weighted by molar-refractivity contribution is 7.92. The second kappa shape index (κ2) is 14.4. The molecule has 0 saturated heterocycles. The number of anilines is 1. The number of ether oxygens (including phenoxy) is 1. The lowest BCUT2D eigenvalue weighted by Crippen LogP contribution is -2.51. The minimum absolute atomic E-state index is 0.111. The van der Waals surface area contributed by atoms with Crippen molar-refractivity contribution in [3.8, 4) is 5.75 Å². The van der Waals surface area contributed by atoms with Crippen LogP contribution in [0.25, 0.3) is 0 Å². The van der Waals surface area contributed by atoms with Crippen molar-refractivity contribution in [1.29, 1.82) is 0 Å². The molecule has 214 valence electrons. The molecule has 1 unspecified atom stereocenters. The number of nitrogens with zero attached hydrogens (tertiary/aromatic N) is 2. The molecule has 0 radical (unpaired) electrons. The zero-order valence-electron chi connectivity index (χ0n) is 23.7. The quantitative estimate of drug-likeness (QED) is 0.382. The Morgan fingerprint density at radius 1 is 1.08 bits per heavy atom. The third kappa shape index (κ3) is 8.71. The number of carbonyl (C=O) groups is 2. The number of aryl methyl sites for hydroxylation is 1. The molecule has 1 saturated carbocycles. The van der Waals surface area contributed by atoms with E-state index >= 15 is 0 Å². The fourth-order valence-electron chi connectivity index (χ4n) is 5.20. The molecule has 0 bridgehead atoms. The lowest BCUT2D eigenvalue weighted by atomic mass is 9.95. The second-order valence-corrected chi connectivity index (χ2v) is 12.3. The van der Waals surface area contributed by atoms with Gasteiger partial charge >= 0.3 is 0 Å². The van der Waals surface area contributed by atoms with E-state index in [1.807, 2.05) is 38.1 Å². The van der Waals surface area contributed by atoms with Gasteiger partial charge in [0.1, 0.15) is 11.8 Å². The Labute approximate surface area is 233 Å². The number of methoxy groups -OCH3 is 1. The fraction of sp³-hybridized carbons (Fsp3) is 0.533. The fourth-order valence-corrected chi connectivity index (χ4v) is 6.16. The highest BCUT2D eigenvalue weighted by atomic mass is 32.2. The smallest absolute Gasteiger partial charge is 0.243 e. The number of hydrogen-bond acceptors (Lipinski definition) is 5. The highest BCUT2D eigenvalue weighted by Crippen LogP contribution is 2.24. The van der Waals surface area contributed by atoms with Crippen LogP contribution in [0, 0.1) is 6.92 Å². The normalized spacial score (nSPS) is 14.9. The summed E-state index contributed by atoms with van der Waals surface area (Å²) >= 11 is 0. The minimum atomic E-state index is -3.58. The number of rotatable bonds is 13. The summed E-state index contributed by atoms with van der Waals surface area (Å²) in [7, 11) is -2.05. The summed E-state index contributed by atoms with van der Waals surface area (Å²) in [5.41, 5.74) is 2.53. The van der Waals surface area contributed by atoms with Crippen LogP contribution >= 0.6 is 0 Å².